The quantitative estimate of drug-likeness (QED) is 0.757. The van der Waals surface area contributed by atoms with Crippen LogP contribution in [0.5, 0.6) is 5.75 Å². The van der Waals surface area contributed by atoms with E-state index >= 15 is 0 Å². The summed E-state index contributed by atoms with van der Waals surface area (Å²) in [5, 5.41) is -0.325. The average Bonchev–Trinajstić information content (AvgIpc) is 2.72. The summed E-state index contributed by atoms with van der Waals surface area (Å²) in [5.74, 6) is 0.972. The summed E-state index contributed by atoms with van der Waals surface area (Å²) >= 11 is 1.52. The fraction of sp³-hybridized carbons (Fsp3) is 0.300. The Bertz CT molecular complexity index is 765. The maximum Gasteiger partial charge on any atom is 0.320 e. The van der Waals surface area contributed by atoms with Gasteiger partial charge in [0.05, 0.1) is 7.11 Å². The lowest BCUT2D eigenvalue weighted by molar-refractivity contribution is -0.141. The molecule has 1 saturated heterocycles. The van der Waals surface area contributed by atoms with Crippen LogP contribution in [0.1, 0.15) is 0 Å². The predicted octanol–water partition coefficient (Wildman–Crippen LogP) is 2.85. The highest BCUT2D eigenvalue weighted by atomic mass is 32.2. The molecule has 0 radical (unpaired) electrons. The van der Waals surface area contributed by atoms with Crippen molar-refractivity contribution in [2.45, 2.75) is 5.25 Å². The third kappa shape index (κ3) is 4.38. The monoisotopic (exact) mass is 371 g/mol. The minimum absolute atomic E-state index is 0.0532. The molecule has 0 spiro atoms. The summed E-state index contributed by atoms with van der Waals surface area (Å²) in [7, 11) is 1.37. The zero-order valence-corrected chi connectivity index (χ0v) is 15.4. The molecule has 1 fully saturated rings. The van der Waals surface area contributed by atoms with E-state index in [1.807, 2.05) is 54.6 Å². The Morgan fingerprint density at radius 1 is 1.12 bits per heavy atom. The summed E-state index contributed by atoms with van der Waals surface area (Å²) in [6, 6.07) is 17.6. The average molecular weight is 371 g/mol. The highest BCUT2D eigenvalue weighted by Crippen LogP contribution is 2.29. The lowest BCUT2D eigenvalue weighted by Crippen LogP contribution is -2.46. The lowest BCUT2D eigenvalue weighted by Gasteiger charge is -2.31. The molecule has 0 bridgehead atoms. The predicted molar refractivity (Wildman–Crippen MR) is 102 cm³/mol. The largest absolute Gasteiger partial charge is 0.483 e. The van der Waals surface area contributed by atoms with Crippen LogP contribution in [0.2, 0.25) is 0 Å². The Morgan fingerprint density at radius 2 is 1.85 bits per heavy atom. The van der Waals surface area contributed by atoms with Gasteiger partial charge in [0.15, 0.2) is 6.61 Å². The van der Waals surface area contributed by atoms with E-state index in [9.17, 15) is 9.59 Å². The number of para-hydroxylation sites is 1. The number of carbonyl (C=O) groups is 2. The van der Waals surface area contributed by atoms with Gasteiger partial charge in [0.1, 0.15) is 11.0 Å². The number of benzene rings is 2. The second-order valence-corrected chi connectivity index (χ2v) is 7.18. The molecule has 1 aliphatic rings. The molecule has 0 unspecified atom stereocenters. The Labute approximate surface area is 157 Å². The first-order valence-electron chi connectivity index (χ1n) is 8.43. The number of amides is 1. The van der Waals surface area contributed by atoms with E-state index in [1.165, 1.54) is 18.9 Å². The third-order valence-corrected chi connectivity index (χ3v) is 5.37. The number of nitrogens with zero attached hydrogens (tertiary/aromatic N) is 1. The first-order valence-corrected chi connectivity index (χ1v) is 9.48. The number of ether oxygens (including phenoxy) is 2. The molecule has 136 valence electrons. The normalized spacial score (nSPS) is 16.8. The first-order chi connectivity index (χ1) is 12.7. The molecule has 1 heterocycles. The van der Waals surface area contributed by atoms with Gasteiger partial charge in [-0.1, -0.05) is 48.5 Å². The molecule has 26 heavy (non-hydrogen) atoms. The second-order valence-electron chi connectivity index (χ2n) is 5.87. The number of esters is 1. The van der Waals surface area contributed by atoms with E-state index < -0.39 is 0 Å². The topological polar surface area (TPSA) is 55.8 Å². The fourth-order valence-corrected chi connectivity index (χ4v) is 3.96. The van der Waals surface area contributed by atoms with Crippen molar-refractivity contribution in [3.8, 4) is 16.9 Å². The van der Waals surface area contributed by atoms with Crippen LogP contribution in [0.25, 0.3) is 11.1 Å². The van der Waals surface area contributed by atoms with Crippen LogP contribution < -0.4 is 4.74 Å². The molecular weight excluding hydrogens is 350 g/mol. The number of thioether (sulfide) groups is 1. The second kappa shape index (κ2) is 8.76. The maximum absolute atomic E-state index is 12.5. The standard InChI is InChI=1S/C20H21NO4S/c1-24-20(23)18-13-21(11-12-26-18)19(22)14-25-17-10-6-5-9-16(17)15-7-3-2-4-8-15/h2-10,18H,11-14H2,1H3/t18-/m1/s1. The smallest absolute Gasteiger partial charge is 0.320 e. The van der Waals surface area contributed by atoms with E-state index in [-0.39, 0.29) is 23.7 Å². The van der Waals surface area contributed by atoms with Crippen LogP contribution in [0.3, 0.4) is 0 Å². The number of rotatable bonds is 5. The van der Waals surface area contributed by atoms with E-state index in [1.54, 1.807) is 4.90 Å². The van der Waals surface area contributed by atoms with E-state index in [0.717, 1.165) is 11.1 Å². The number of hydrogen-bond donors (Lipinski definition) is 0. The van der Waals surface area contributed by atoms with E-state index in [0.29, 0.717) is 24.6 Å². The Balaban J connectivity index is 1.64. The molecule has 2 aromatic carbocycles. The minimum Gasteiger partial charge on any atom is -0.483 e. The summed E-state index contributed by atoms with van der Waals surface area (Å²) in [4.78, 5) is 25.9. The third-order valence-electron chi connectivity index (χ3n) is 4.21. The molecule has 3 rings (SSSR count). The van der Waals surface area contributed by atoms with Gasteiger partial charge in [-0.3, -0.25) is 9.59 Å². The molecule has 2 aromatic rings. The van der Waals surface area contributed by atoms with Crippen molar-refractivity contribution in [1.82, 2.24) is 4.90 Å². The molecule has 1 amide bonds. The molecule has 0 saturated carbocycles. The molecular formula is C20H21NO4S. The van der Waals surface area contributed by atoms with Crippen LogP contribution in [0.4, 0.5) is 0 Å². The van der Waals surface area contributed by atoms with Crippen molar-refractivity contribution in [1.29, 1.82) is 0 Å². The first kappa shape index (κ1) is 18.3. The van der Waals surface area contributed by atoms with E-state index in [4.69, 9.17) is 9.47 Å². The fourth-order valence-electron chi connectivity index (χ4n) is 2.83. The zero-order valence-electron chi connectivity index (χ0n) is 14.6. The van der Waals surface area contributed by atoms with Crippen LogP contribution >= 0.6 is 11.8 Å². The van der Waals surface area contributed by atoms with Gasteiger partial charge in [0.2, 0.25) is 0 Å². The summed E-state index contributed by atoms with van der Waals surface area (Å²) in [5.41, 5.74) is 1.98. The Hall–Kier alpha value is -2.47. The van der Waals surface area contributed by atoms with Gasteiger partial charge in [0.25, 0.3) is 5.91 Å². The number of methoxy groups -OCH3 is 1. The molecule has 0 aliphatic carbocycles. The van der Waals surface area contributed by atoms with Crippen molar-refractivity contribution < 1.29 is 19.1 Å². The Morgan fingerprint density at radius 3 is 2.62 bits per heavy atom. The number of hydrogen-bond acceptors (Lipinski definition) is 5. The molecule has 1 aliphatic heterocycles. The highest BCUT2D eigenvalue weighted by molar-refractivity contribution is 8.00. The van der Waals surface area contributed by atoms with Gasteiger partial charge < -0.3 is 14.4 Å². The molecule has 0 aromatic heterocycles. The maximum atomic E-state index is 12.5. The van der Waals surface area contributed by atoms with Crippen molar-refractivity contribution >= 4 is 23.6 Å². The molecule has 6 heteroatoms. The zero-order chi connectivity index (χ0) is 18.4. The van der Waals surface area contributed by atoms with Gasteiger partial charge in [-0.05, 0) is 11.6 Å². The van der Waals surface area contributed by atoms with Gasteiger partial charge in [-0.2, -0.15) is 0 Å². The van der Waals surface area contributed by atoms with Crippen LogP contribution in [0.15, 0.2) is 54.6 Å². The van der Waals surface area contributed by atoms with Crippen molar-refractivity contribution in [2.75, 3.05) is 32.6 Å². The summed E-state index contributed by atoms with van der Waals surface area (Å²) in [6.45, 7) is 0.920. The van der Waals surface area contributed by atoms with Gasteiger partial charge in [-0.15, -0.1) is 11.8 Å². The molecule has 0 N–H and O–H groups in total. The van der Waals surface area contributed by atoms with Crippen LogP contribution in [-0.4, -0.2) is 54.6 Å². The highest BCUT2D eigenvalue weighted by Gasteiger charge is 2.29. The van der Waals surface area contributed by atoms with Gasteiger partial charge in [0, 0.05) is 24.4 Å². The minimum atomic E-state index is -0.325. The molecule has 1 atom stereocenters. The number of carbonyl (C=O) groups excluding carboxylic acids is 2. The lowest BCUT2D eigenvalue weighted by atomic mass is 10.1. The van der Waals surface area contributed by atoms with Gasteiger partial charge in [-0.25, -0.2) is 0 Å². The SMILES string of the molecule is COC(=O)[C@H]1CN(C(=O)COc2ccccc2-c2ccccc2)CCS1. The van der Waals surface area contributed by atoms with Crippen LogP contribution in [-0.2, 0) is 14.3 Å². The van der Waals surface area contributed by atoms with Crippen molar-refractivity contribution in [2.24, 2.45) is 0 Å². The van der Waals surface area contributed by atoms with E-state index in [2.05, 4.69) is 0 Å². The molecule has 5 nitrogen and oxygen atoms in total. The Kier molecular flexibility index (Phi) is 6.17. The van der Waals surface area contributed by atoms with Crippen molar-refractivity contribution in [3.05, 3.63) is 54.6 Å². The van der Waals surface area contributed by atoms with Crippen LogP contribution in [0, 0.1) is 0 Å². The van der Waals surface area contributed by atoms with Crippen molar-refractivity contribution in [3.63, 3.8) is 0 Å². The summed E-state index contributed by atoms with van der Waals surface area (Å²) < 4.78 is 10.6. The summed E-state index contributed by atoms with van der Waals surface area (Å²) in [6.07, 6.45) is 0. The van der Waals surface area contributed by atoms with Gasteiger partial charge >= 0.3 is 5.97 Å².